The first kappa shape index (κ1) is 23.9. The van der Waals surface area contributed by atoms with Crippen molar-refractivity contribution in [3.05, 3.63) is 76.1 Å². The van der Waals surface area contributed by atoms with Crippen LogP contribution in [-0.2, 0) is 9.53 Å². The summed E-state index contributed by atoms with van der Waals surface area (Å²) in [4.78, 5) is 44.1. The van der Waals surface area contributed by atoms with E-state index in [1.165, 1.54) is 17.4 Å². The number of rotatable bonds is 4. The summed E-state index contributed by atoms with van der Waals surface area (Å²) in [5.41, 5.74) is 3.87. The lowest BCUT2D eigenvalue weighted by molar-refractivity contribution is -0.116. The highest BCUT2D eigenvalue weighted by atomic mass is 16.5. The number of amides is 1. The number of hydrogen-bond donors (Lipinski definition) is 0. The van der Waals surface area contributed by atoms with Crippen LogP contribution in [-0.4, -0.2) is 47.7 Å². The molecule has 0 saturated carbocycles. The molecule has 0 unspecified atom stereocenters. The van der Waals surface area contributed by atoms with Gasteiger partial charge in [0.2, 0.25) is 17.5 Å². The molecule has 1 heterocycles. The molecule has 6 heteroatoms. The van der Waals surface area contributed by atoms with Crippen LogP contribution in [0, 0.1) is 6.92 Å². The summed E-state index contributed by atoms with van der Waals surface area (Å²) in [6.45, 7) is 12.5. The van der Waals surface area contributed by atoms with Crippen molar-refractivity contribution in [1.82, 2.24) is 4.90 Å². The summed E-state index contributed by atoms with van der Waals surface area (Å²) < 4.78 is 5.88. The second-order valence-electron chi connectivity index (χ2n) is 9.61. The molecule has 6 nitrogen and oxygen atoms in total. The van der Waals surface area contributed by atoms with Gasteiger partial charge in [0.05, 0.1) is 12.2 Å². The minimum atomic E-state index is -0.321. The largest absolute Gasteiger partial charge is 0.372 e. The third-order valence-electron chi connectivity index (χ3n) is 6.48. The third-order valence-corrected chi connectivity index (χ3v) is 6.48. The Morgan fingerprint density at radius 1 is 1.00 bits per heavy atom. The lowest BCUT2D eigenvalue weighted by atomic mass is 9.88. The minimum absolute atomic E-state index is 0.115. The molecule has 4 rings (SSSR count). The monoisotopic (exact) mass is 460 g/mol. The van der Waals surface area contributed by atoms with Crippen LogP contribution in [0.25, 0.3) is 0 Å². The standard InChI is InChI=1S/C28H32N2O4/c1-16(2)22-12-11-21(13-17(22)3)30(20(6)31)26-25(29-14-18(4)34-19(5)15-29)27(32)23-9-7-8-10-24(23)28(26)33/h7-13,16,18-19H,14-15H2,1-6H3/t18-,19-/m1/s1. The Balaban J connectivity index is 1.95. The summed E-state index contributed by atoms with van der Waals surface area (Å²) in [6, 6.07) is 12.6. The highest BCUT2D eigenvalue weighted by Crippen LogP contribution is 2.35. The summed E-state index contributed by atoms with van der Waals surface area (Å²) in [5.74, 6) is -0.555. The molecular formula is C28H32N2O4. The van der Waals surface area contributed by atoms with Crippen molar-refractivity contribution < 1.29 is 19.1 Å². The van der Waals surface area contributed by atoms with Crippen molar-refractivity contribution in [2.24, 2.45) is 0 Å². The highest BCUT2D eigenvalue weighted by molar-refractivity contribution is 6.29. The Morgan fingerprint density at radius 3 is 2.12 bits per heavy atom. The van der Waals surface area contributed by atoms with E-state index >= 15 is 0 Å². The maximum Gasteiger partial charge on any atom is 0.228 e. The van der Waals surface area contributed by atoms with E-state index in [0.29, 0.717) is 35.8 Å². The summed E-state index contributed by atoms with van der Waals surface area (Å²) in [5, 5.41) is 0. The fourth-order valence-electron chi connectivity index (χ4n) is 5.13. The zero-order valence-electron chi connectivity index (χ0n) is 20.7. The average molecular weight is 461 g/mol. The van der Waals surface area contributed by atoms with Crippen molar-refractivity contribution in [1.29, 1.82) is 0 Å². The second kappa shape index (κ2) is 9.18. The van der Waals surface area contributed by atoms with Gasteiger partial charge in [-0.3, -0.25) is 19.3 Å². The number of anilines is 1. The van der Waals surface area contributed by atoms with E-state index in [1.54, 1.807) is 24.3 Å². The minimum Gasteiger partial charge on any atom is -0.372 e. The maximum atomic E-state index is 13.9. The number of benzene rings is 2. The van der Waals surface area contributed by atoms with E-state index in [2.05, 4.69) is 13.8 Å². The lowest BCUT2D eigenvalue weighted by Gasteiger charge is -2.40. The van der Waals surface area contributed by atoms with Crippen molar-refractivity contribution in [2.45, 2.75) is 59.7 Å². The molecule has 1 aliphatic carbocycles. The molecule has 1 aliphatic heterocycles. The van der Waals surface area contributed by atoms with Crippen LogP contribution in [0.15, 0.2) is 53.9 Å². The predicted molar refractivity (Wildman–Crippen MR) is 132 cm³/mol. The van der Waals surface area contributed by atoms with Gasteiger partial charge in [0.15, 0.2) is 0 Å². The molecule has 0 N–H and O–H groups in total. The van der Waals surface area contributed by atoms with E-state index in [1.807, 2.05) is 43.9 Å². The van der Waals surface area contributed by atoms with Crippen molar-refractivity contribution in [3.63, 3.8) is 0 Å². The average Bonchev–Trinajstić information content (AvgIpc) is 2.76. The van der Waals surface area contributed by atoms with Crippen LogP contribution in [0.2, 0.25) is 0 Å². The SMILES string of the molecule is CC(=O)N(C1=C(N2C[C@@H](C)O[C@H](C)C2)C(=O)c2ccccc2C1=O)c1ccc(C(C)C)c(C)c1. The number of allylic oxidation sites excluding steroid dienone is 2. The Labute approximate surface area is 201 Å². The Morgan fingerprint density at radius 2 is 1.59 bits per heavy atom. The number of ether oxygens (including phenoxy) is 1. The van der Waals surface area contributed by atoms with Crippen molar-refractivity contribution in [2.75, 3.05) is 18.0 Å². The molecule has 2 aromatic rings. The number of ketones is 2. The molecule has 0 aromatic heterocycles. The number of aryl methyl sites for hydroxylation is 1. The van der Waals surface area contributed by atoms with Gasteiger partial charge in [-0.1, -0.05) is 44.2 Å². The molecule has 0 spiro atoms. The zero-order valence-corrected chi connectivity index (χ0v) is 20.7. The summed E-state index contributed by atoms with van der Waals surface area (Å²) in [7, 11) is 0. The van der Waals surface area contributed by atoms with Crippen molar-refractivity contribution >= 4 is 23.2 Å². The fraction of sp³-hybridized carbons (Fsp3) is 0.393. The van der Waals surface area contributed by atoms with E-state index in [0.717, 1.165) is 5.56 Å². The molecule has 178 valence electrons. The maximum absolute atomic E-state index is 13.9. The van der Waals surface area contributed by atoms with Gasteiger partial charge in [0.25, 0.3) is 0 Å². The molecule has 1 saturated heterocycles. The molecule has 2 atom stereocenters. The number of hydrogen-bond acceptors (Lipinski definition) is 5. The van der Waals surface area contributed by atoms with Gasteiger partial charge in [0.1, 0.15) is 11.4 Å². The van der Waals surface area contributed by atoms with E-state index in [4.69, 9.17) is 4.74 Å². The molecule has 2 aromatic carbocycles. The topological polar surface area (TPSA) is 66.9 Å². The van der Waals surface area contributed by atoms with E-state index in [9.17, 15) is 14.4 Å². The predicted octanol–water partition coefficient (Wildman–Crippen LogP) is 4.87. The fourth-order valence-corrected chi connectivity index (χ4v) is 5.13. The molecule has 0 bridgehead atoms. The molecule has 1 fully saturated rings. The van der Waals surface area contributed by atoms with Crippen LogP contribution in [0.1, 0.15) is 72.4 Å². The van der Waals surface area contributed by atoms with Crippen LogP contribution in [0.4, 0.5) is 5.69 Å². The van der Waals surface area contributed by atoms with E-state index in [-0.39, 0.29) is 41.1 Å². The first-order valence-corrected chi connectivity index (χ1v) is 11.8. The Hall–Kier alpha value is -3.25. The molecule has 34 heavy (non-hydrogen) atoms. The molecular weight excluding hydrogens is 428 g/mol. The zero-order chi connectivity index (χ0) is 24.7. The summed E-state index contributed by atoms with van der Waals surface area (Å²) in [6.07, 6.45) is -0.230. The first-order chi connectivity index (χ1) is 16.1. The van der Waals surface area contributed by atoms with Crippen LogP contribution < -0.4 is 4.90 Å². The Bertz CT molecular complexity index is 1190. The Kier molecular flexibility index (Phi) is 6.45. The normalized spacial score (nSPS) is 20.6. The first-order valence-electron chi connectivity index (χ1n) is 11.8. The smallest absolute Gasteiger partial charge is 0.228 e. The van der Waals surface area contributed by atoms with Crippen LogP contribution in [0.3, 0.4) is 0 Å². The third kappa shape index (κ3) is 4.18. The number of nitrogens with zero attached hydrogens (tertiary/aromatic N) is 2. The highest BCUT2D eigenvalue weighted by Gasteiger charge is 2.41. The van der Waals surface area contributed by atoms with Gasteiger partial charge in [-0.05, 0) is 49.9 Å². The van der Waals surface area contributed by atoms with Gasteiger partial charge >= 0.3 is 0 Å². The number of Topliss-reactive ketones (excluding diaryl/α,β-unsaturated/α-hetero) is 2. The number of carbonyl (C=O) groups excluding carboxylic acids is 3. The number of carbonyl (C=O) groups is 3. The molecule has 1 amide bonds. The van der Waals surface area contributed by atoms with Crippen LogP contribution >= 0.6 is 0 Å². The van der Waals surface area contributed by atoms with Gasteiger partial charge in [0, 0.05) is 36.8 Å². The summed E-state index contributed by atoms with van der Waals surface area (Å²) >= 11 is 0. The molecule has 2 aliphatic rings. The van der Waals surface area contributed by atoms with Gasteiger partial charge in [-0.25, -0.2) is 0 Å². The van der Waals surface area contributed by atoms with Crippen LogP contribution in [0.5, 0.6) is 0 Å². The van der Waals surface area contributed by atoms with E-state index < -0.39 is 0 Å². The lowest BCUT2D eigenvalue weighted by Crippen LogP contribution is -2.49. The number of morpholine rings is 1. The van der Waals surface area contributed by atoms with Gasteiger partial charge < -0.3 is 9.64 Å². The second-order valence-corrected chi connectivity index (χ2v) is 9.61. The number of fused-ring (bicyclic) bond motifs is 1. The quantitative estimate of drug-likeness (QED) is 0.651. The van der Waals surface area contributed by atoms with Crippen molar-refractivity contribution in [3.8, 4) is 0 Å². The molecule has 0 radical (unpaired) electrons. The van der Waals surface area contributed by atoms with Gasteiger partial charge in [-0.2, -0.15) is 0 Å². The van der Waals surface area contributed by atoms with Gasteiger partial charge in [-0.15, -0.1) is 0 Å².